The Hall–Kier alpha value is -2.40. The van der Waals surface area contributed by atoms with Crippen LogP contribution in [0.1, 0.15) is 264 Å². The Morgan fingerprint density at radius 2 is 0.705 bits per heavy atom. The average molecular weight is 853 g/mol. The SMILES string of the molecule is CC/C=C\C/C=C\C/C=C\C/C=C\CCCCCCCCCCCCCCCCCCCCCCCCC(=O)OC(CO)COC(=O)CCCCCCC/C=C\CCCCC. The molecule has 5 heteroatoms. The lowest BCUT2D eigenvalue weighted by molar-refractivity contribution is -0.161. The van der Waals surface area contributed by atoms with Crippen molar-refractivity contribution in [2.45, 2.75) is 270 Å². The molecule has 0 aromatic rings. The van der Waals surface area contributed by atoms with E-state index < -0.39 is 6.10 Å². The van der Waals surface area contributed by atoms with Crippen molar-refractivity contribution in [2.75, 3.05) is 13.2 Å². The summed E-state index contributed by atoms with van der Waals surface area (Å²) < 4.78 is 10.6. The quantitative estimate of drug-likeness (QED) is 0.0375. The Labute approximate surface area is 379 Å². The van der Waals surface area contributed by atoms with Gasteiger partial charge in [-0.3, -0.25) is 9.59 Å². The van der Waals surface area contributed by atoms with Gasteiger partial charge in [0.1, 0.15) is 6.61 Å². The van der Waals surface area contributed by atoms with E-state index in [-0.39, 0.29) is 25.2 Å². The lowest BCUT2D eigenvalue weighted by Crippen LogP contribution is -2.28. The number of allylic oxidation sites excluding steroid dienone is 10. The van der Waals surface area contributed by atoms with Gasteiger partial charge >= 0.3 is 11.9 Å². The maximum atomic E-state index is 12.2. The minimum Gasteiger partial charge on any atom is -0.462 e. The summed E-state index contributed by atoms with van der Waals surface area (Å²) in [6, 6.07) is 0. The van der Waals surface area contributed by atoms with Crippen LogP contribution in [0.3, 0.4) is 0 Å². The van der Waals surface area contributed by atoms with Gasteiger partial charge in [0.15, 0.2) is 6.10 Å². The maximum absolute atomic E-state index is 12.2. The number of hydrogen-bond donors (Lipinski definition) is 1. The van der Waals surface area contributed by atoms with Crippen LogP contribution in [0.4, 0.5) is 0 Å². The molecule has 0 radical (unpaired) electrons. The first-order chi connectivity index (χ1) is 30.1. The molecule has 0 rings (SSSR count). The minimum absolute atomic E-state index is 0.0677. The van der Waals surface area contributed by atoms with Crippen LogP contribution in [0.5, 0.6) is 0 Å². The van der Waals surface area contributed by atoms with Crippen molar-refractivity contribution in [1.82, 2.24) is 0 Å². The van der Waals surface area contributed by atoms with Crippen LogP contribution in [-0.2, 0) is 19.1 Å². The first-order valence-corrected chi connectivity index (χ1v) is 26.3. The van der Waals surface area contributed by atoms with E-state index in [1.807, 2.05) is 0 Å². The summed E-state index contributed by atoms with van der Waals surface area (Å²) in [6.45, 7) is 4.01. The van der Waals surface area contributed by atoms with E-state index in [4.69, 9.17) is 9.47 Å². The third kappa shape index (κ3) is 50.1. The third-order valence-electron chi connectivity index (χ3n) is 11.5. The molecule has 0 fully saturated rings. The topological polar surface area (TPSA) is 72.8 Å². The van der Waals surface area contributed by atoms with Crippen LogP contribution in [0.25, 0.3) is 0 Å². The monoisotopic (exact) mass is 853 g/mol. The molecule has 1 N–H and O–H groups in total. The zero-order valence-corrected chi connectivity index (χ0v) is 40.4. The summed E-state index contributed by atoms with van der Waals surface area (Å²) in [5.41, 5.74) is 0. The van der Waals surface area contributed by atoms with Gasteiger partial charge in [-0.2, -0.15) is 0 Å². The van der Waals surface area contributed by atoms with Crippen molar-refractivity contribution in [3.8, 4) is 0 Å². The maximum Gasteiger partial charge on any atom is 0.306 e. The minimum atomic E-state index is -0.773. The number of aliphatic hydroxyl groups excluding tert-OH is 1. The molecular weight excluding hydrogens is 753 g/mol. The zero-order valence-electron chi connectivity index (χ0n) is 40.4. The van der Waals surface area contributed by atoms with Crippen molar-refractivity contribution >= 4 is 11.9 Å². The molecule has 0 saturated heterocycles. The van der Waals surface area contributed by atoms with Crippen molar-refractivity contribution in [3.05, 3.63) is 60.8 Å². The predicted molar refractivity (Wildman–Crippen MR) is 265 cm³/mol. The Morgan fingerprint density at radius 1 is 0.393 bits per heavy atom. The van der Waals surface area contributed by atoms with Crippen molar-refractivity contribution < 1.29 is 24.2 Å². The molecular formula is C56H100O5. The number of esters is 2. The fraction of sp³-hybridized carbons (Fsp3) is 0.786. The number of aliphatic hydroxyl groups is 1. The number of carbonyl (C=O) groups excluding carboxylic acids is 2. The van der Waals surface area contributed by atoms with Crippen LogP contribution in [-0.4, -0.2) is 36.4 Å². The molecule has 0 saturated carbocycles. The van der Waals surface area contributed by atoms with Gasteiger partial charge in [-0.25, -0.2) is 0 Å². The van der Waals surface area contributed by atoms with E-state index >= 15 is 0 Å². The summed E-state index contributed by atoms with van der Waals surface area (Å²) in [5, 5.41) is 9.60. The summed E-state index contributed by atoms with van der Waals surface area (Å²) >= 11 is 0. The van der Waals surface area contributed by atoms with Gasteiger partial charge in [0.25, 0.3) is 0 Å². The van der Waals surface area contributed by atoms with E-state index in [0.29, 0.717) is 12.8 Å². The fourth-order valence-electron chi connectivity index (χ4n) is 7.60. The van der Waals surface area contributed by atoms with Crippen LogP contribution >= 0.6 is 0 Å². The molecule has 61 heavy (non-hydrogen) atoms. The number of carbonyl (C=O) groups is 2. The Balaban J connectivity index is 3.40. The van der Waals surface area contributed by atoms with Crippen LogP contribution in [0.2, 0.25) is 0 Å². The summed E-state index contributed by atoms with van der Waals surface area (Å²) in [7, 11) is 0. The highest BCUT2D eigenvalue weighted by atomic mass is 16.6. The lowest BCUT2D eigenvalue weighted by atomic mass is 10.0. The van der Waals surface area contributed by atoms with Gasteiger partial charge in [-0.1, -0.05) is 235 Å². The predicted octanol–water partition coefficient (Wildman–Crippen LogP) is 17.5. The lowest BCUT2D eigenvalue weighted by Gasteiger charge is -2.15. The van der Waals surface area contributed by atoms with Gasteiger partial charge < -0.3 is 14.6 Å². The van der Waals surface area contributed by atoms with E-state index in [9.17, 15) is 14.7 Å². The van der Waals surface area contributed by atoms with Crippen molar-refractivity contribution in [1.29, 1.82) is 0 Å². The molecule has 0 aliphatic carbocycles. The molecule has 0 aliphatic heterocycles. The van der Waals surface area contributed by atoms with Gasteiger partial charge in [-0.05, 0) is 77.0 Å². The summed E-state index contributed by atoms with van der Waals surface area (Å²) in [6.07, 6.45) is 69.2. The standard InChI is InChI=1S/C56H100O5/c1-3-5-7-9-11-13-15-17-18-19-20-21-22-23-24-25-26-27-28-29-30-31-32-33-34-35-36-37-38-39-41-43-45-47-49-51-56(59)61-54(52-57)53-60-55(58)50-48-46-44-42-40-16-14-12-10-8-6-4-2/h5,7,11-14,17-18,20-21,54,57H,3-4,6,8-10,15-16,19,22-53H2,1-2H3/b7-5-,13-11-,14-12-,18-17-,21-20-. The van der Waals surface area contributed by atoms with Crippen LogP contribution in [0, 0.1) is 0 Å². The van der Waals surface area contributed by atoms with E-state index in [0.717, 1.165) is 70.6 Å². The Kier molecular flexibility index (Phi) is 49.9. The second-order valence-electron chi connectivity index (χ2n) is 17.6. The Morgan fingerprint density at radius 3 is 1.08 bits per heavy atom. The summed E-state index contributed by atoms with van der Waals surface area (Å²) in [5.74, 6) is -0.593. The summed E-state index contributed by atoms with van der Waals surface area (Å²) in [4.78, 5) is 24.4. The molecule has 5 nitrogen and oxygen atoms in total. The highest BCUT2D eigenvalue weighted by molar-refractivity contribution is 5.70. The van der Waals surface area contributed by atoms with Crippen LogP contribution in [0.15, 0.2) is 60.8 Å². The van der Waals surface area contributed by atoms with Gasteiger partial charge in [0.05, 0.1) is 6.61 Å². The normalized spacial score (nSPS) is 12.6. The molecule has 0 aliphatic rings. The molecule has 0 bridgehead atoms. The zero-order chi connectivity index (χ0) is 44.2. The Bertz CT molecular complexity index is 1060. The number of hydrogen-bond acceptors (Lipinski definition) is 5. The molecule has 1 atom stereocenters. The van der Waals surface area contributed by atoms with E-state index in [1.165, 1.54) is 167 Å². The smallest absolute Gasteiger partial charge is 0.306 e. The van der Waals surface area contributed by atoms with Crippen LogP contribution < -0.4 is 0 Å². The first-order valence-electron chi connectivity index (χ1n) is 26.3. The van der Waals surface area contributed by atoms with Crippen molar-refractivity contribution in [3.63, 3.8) is 0 Å². The fourth-order valence-corrected chi connectivity index (χ4v) is 7.60. The second-order valence-corrected chi connectivity index (χ2v) is 17.6. The molecule has 0 heterocycles. The average Bonchev–Trinajstić information content (AvgIpc) is 3.26. The van der Waals surface area contributed by atoms with Gasteiger partial charge in [0.2, 0.25) is 0 Å². The highest BCUT2D eigenvalue weighted by Crippen LogP contribution is 2.16. The molecule has 0 aromatic heterocycles. The largest absolute Gasteiger partial charge is 0.462 e. The third-order valence-corrected chi connectivity index (χ3v) is 11.5. The number of unbranched alkanes of at least 4 members (excludes halogenated alkanes) is 30. The van der Waals surface area contributed by atoms with E-state index in [2.05, 4.69) is 74.6 Å². The number of ether oxygens (including phenoxy) is 2. The van der Waals surface area contributed by atoms with E-state index in [1.54, 1.807) is 0 Å². The molecule has 0 aromatic carbocycles. The number of rotatable bonds is 48. The first kappa shape index (κ1) is 58.6. The molecule has 0 spiro atoms. The second kappa shape index (κ2) is 51.9. The van der Waals surface area contributed by atoms with Gasteiger partial charge in [-0.15, -0.1) is 0 Å². The molecule has 1 unspecified atom stereocenters. The highest BCUT2D eigenvalue weighted by Gasteiger charge is 2.16. The molecule has 0 amide bonds. The van der Waals surface area contributed by atoms with Crippen molar-refractivity contribution in [2.24, 2.45) is 0 Å². The van der Waals surface area contributed by atoms with Gasteiger partial charge in [0, 0.05) is 12.8 Å². The molecule has 354 valence electrons.